The lowest BCUT2D eigenvalue weighted by molar-refractivity contribution is -0.119. The van der Waals surface area contributed by atoms with Gasteiger partial charge in [-0.05, 0) is 63.3 Å². The van der Waals surface area contributed by atoms with Crippen LogP contribution in [0.4, 0.5) is 0 Å². The molecule has 1 fully saturated rings. The van der Waals surface area contributed by atoms with Crippen molar-refractivity contribution >= 4 is 5.78 Å². The van der Waals surface area contributed by atoms with E-state index in [4.69, 9.17) is 5.73 Å². The van der Waals surface area contributed by atoms with Gasteiger partial charge >= 0.3 is 0 Å². The quantitative estimate of drug-likeness (QED) is 0.796. The van der Waals surface area contributed by atoms with Crippen LogP contribution in [0.2, 0.25) is 0 Å². The zero-order valence-corrected chi connectivity index (χ0v) is 16.1. The average Bonchev–Trinajstić information content (AvgIpc) is 2.93. The molecule has 2 unspecified atom stereocenters. The van der Waals surface area contributed by atoms with Gasteiger partial charge in [0.25, 0.3) is 0 Å². The summed E-state index contributed by atoms with van der Waals surface area (Å²) >= 11 is 0. The monoisotopic (exact) mass is 344 g/mol. The topological polar surface area (TPSA) is 55.1 Å². The maximum atomic E-state index is 12.0. The van der Waals surface area contributed by atoms with Gasteiger partial charge in [0.2, 0.25) is 0 Å². The summed E-state index contributed by atoms with van der Waals surface area (Å²) in [6.45, 7) is 7.01. The van der Waals surface area contributed by atoms with Gasteiger partial charge < -0.3 is 11.1 Å². The highest BCUT2D eigenvalue weighted by atomic mass is 16.1. The number of fused-ring (bicyclic) bond motifs is 1. The Morgan fingerprint density at radius 1 is 1.40 bits per heavy atom. The molecular weight excluding hydrogens is 308 g/mol. The zero-order chi connectivity index (χ0) is 18.2. The number of nitrogens with two attached hydrogens (primary N) is 1. The van der Waals surface area contributed by atoms with E-state index in [1.54, 1.807) is 0 Å². The maximum absolute atomic E-state index is 12.0. The third-order valence-corrected chi connectivity index (χ3v) is 5.79. The summed E-state index contributed by atoms with van der Waals surface area (Å²) in [5, 5.41) is 2.97. The highest BCUT2D eigenvalue weighted by Gasteiger charge is 2.35. The Morgan fingerprint density at radius 3 is 2.96 bits per heavy atom. The van der Waals surface area contributed by atoms with Gasteiger partial charge in [0.15, 0.2) is 0 Å². The molecule has 0 heterocycles. The van der Waals surface area contributed by atoms with Crippen LogP contribution in [0.25, 0.3) is 0 Å². The van der Waals surface area contributed by atoms with Gasteiger partial charge in [-0.25, -0.2) is 0 Å². The fourth-order valence-corrected chi connectivity index (χ4v) is 4.58. The van der Waals surface area contributed by atoms with Gasteiger partial charge in [-0.1, -0.05) is 43.7 Å². The van der Waals surface area contributed by atoms with Gasteiger partial charge in [0.1, 0.15) is 5.78 Å². The van der Waals surface area contributed by atoms with Crippen molar-refractivity contribution < 1.29 is 4.79 Å². The Balaban J connectivity index is 2.06. The van der Waals surface area contributed by atoms with Crippen molar-refractivity contribution in [3.8, 4) is 0 Å². The van der Waals surface area contributed by atoms with Crippen LogP contribution in [-0.2, 0) is 4.79 Å². The van der Waals surface area contributed by atoms with Crippen molar-refractivity contribution in [3.63, 3.8) is 0 Å². The molecule has 0 saturated heterocycles. The van der Waals surface area contributed by atoms with Gasteiger partial charge in [-0.2, -0.15) is 0 Å². The first-order valence-electron chi connectivity index (χ1n) is 9.95. The van der Waals surface area contributed by atoms with Crippen molar-refractivity contribution in [2.45, 2.75) is 58.3 Å². The molecular formula is C22H36N2O. The molecule has 25 heavy (non-hydrogen) atoms. The van der Waals surface area contributed by atoms with Gasteiger partial charge in [0.05, 0.1) is 6.54 Å². The fourth-order valence-electron chi connectivity index (χ4n) is 4.58. The van der Waals surface area contributed by atoms with Gasteiger partial charge in [-0.3, -0.25) is 4.79 Å². The number of nitrogens with one attached hydrogen (secondary N) is 1. The number of carbonyl (C=O) groups is 1. The number of Topliss-reactive ketones (excluding diaryl/α,β-unsaturated/α-hetero) is 1. The van der Waals surface area contributed by atoms with Crippen LogP contribution in [0.3, 0.4) is 0 Å². The summed E-state index contributed by atoms with van der Waals surface area (Å²) in [7, 11) is 1.83. The number of hydrogen-bond acceptors (Lipinski definition) is 3. The molecule has 0 radical (unpaired) electrons. The predicted molar refractivity (Wildman–Crippen MR) is 106 cm³/mol. The Kier molecular flexibility index (Phi) is 7.95. The van der Waals surface area contributed by atoms with E-state index in [1.807, 2.05) is 7.05 Å². The molecule has 0 aromatic rings. The normalized spacial score (nSPS) is 34.8. The number of ketones is 1. The number of hydrogen-bond donors (Lipinski definition) is 2. The Morgan fingerprint density at radius 2 is 2.20 bits per heavy atom. The number of likely N-dealkylation sites (N-methyl/N-ethyl adjacent to an activating group) is 1. The van der Waals surface area contributed by atoms with Crippen LogP contribution in [-0.4, -0.2) is 19.4 Å². The third-order valence-electron chi connectivity index (χ3n) is 5.79. The smallest absolute Gasteiger partial charge is 0.146 e. The second-order valence-electron chi connectivity index (χ2n) is 8.22. The molecule has 3 N–H and O–H groups in total. The molecule has 2 aliphatic carbocycles. The number of carbonyl (C=O) groups excluding carboxylic acids is 1. The summed E-state index contributed by atoms with van der Waals surface area (Å²) in [5.74, 6) is 2.48. The van der Waals surface area contributed by atoms with Crippen LogP contribution in [0.5, 0.6) is 0 Å². The first-order chi connectivity index (χ1) is 12.0. The lowest BCUT2D eigenvalue weighted by Crippen LogP contribution is -2.20. The lowest BCUT2D eigenvalue weighted by Gasteiger charge is -2.18. The van der Waals surface area contributed by atoms with Crippen molar-refractivity contribution in [1.29, 1.82) is 0 Å². The SMILES string of the molecule is C=C1/C=C/CC2C[C@@H](CC(=O)CNC)CC2/C(N)=C/CCC[C@H](C)C1. The standard InChI is InChI=1S/C22H36N2O/c1-16-7-4-5-10-22(23)21-14-18(13-20(25)15-24-3)12-19(21)9-6-8-17(2)11-16/h6,8,10,16,18-19,21,24H,2,4-5,7,9,11-15,23H2,1,3H3/b8-6+,22-10-/t16-,18-,19?,21?/m0/s1. The fraction of sp³-hybridized carbons (Fsp3) is 0.682. The zero-order valence-electron chi connectivity index (χ0n) is 16.1. The van der Waals surface area contributed by atoms with E-state index in [9.17, 15) is 4.79 Å². The lowest BCUT2D eigenvalue weighted by atomic mass is 9.89. The van der Waals surface area contributed by atoms with E-state index in [0.717, 1.165) is 37.8 Å². The summed E-state index contributed by atoms with van der Waals surface area (Å²) in [6, 6.07) is 0. The number of allylic oxidation sites excluding steroid dienone is 5. The molecule has 4 atom stereocenters. The molecule has 0 spiro atoms. The maximum Gasteiger partial charge on any atom is 0.146 e. The minimum Gasteiger partial charge on any atom is -0.402 e. The predicted octanol–water partition coefficient (Wildman–Crippen LogP) is 4.36. The van der Waals surface area contributed by atoms with Crippen LogP contribution < -0.4 is 11.1 Å². The van der Waals surface area contributed by atoms with Crippen LogP contribution in [0.1, 0.15) is 58.3 Å². The summed E-state index contributed by atoms with van der Waals surface area (Å²) in [4.78, 5) is 12.0. The van der Waals surface area contributed by atoms with E-state index in [0.29, 0.717) is 42.4 Å². The highest BCUT2D eigenvalue weighted by Crippen LogP contribution is 2.43. The third kappa shape index (κ3) is 6.47. The Hall–Kier alpha value is -1.35. The van der Waals surface area contributed by atoms with E-state index < -0.39 is 0 Å². The van der Waals surface area contributed by atoms with E-state index in [2.05, 4.69) is 37.0 Å². The van der Waals surface area contributed by atoms with Gasteiger partial charge in [0, 0.05) is 18.0 Å². The first kappa shape index (κ1) is 20.0. The molecule has 2 rings (SSSR count). The van der Waals surface area contributed by atoms with Crippen LogP contribution >= 0.6 is 0 Å². The second-order valence-corrected chi connectivity index (χ2v) is 8.22. The molecule has 3 heteroatoms. The molecule has 3 nitrogen and oxygen atoms in total. The Labute approximate surface area is 153 Å². The van der Waals surface area contributed by atoms with E-state index >= 15 is 0 Å². The van der Waals surface area contributed by atoms with Crippen molar-refractivity contribution in [1.82, 2.24) is 5.32 Å². The largest absolute Gasteiger partial charge is 0.402 e. The summed E-state index contributed by atoms with van der Waals surface area (Å²) in [5.41, 5.74) is 8.78. The highest BCUT2D eigenvalue weighted by molar-refractivity contribution is 5.80. The Bertz CT molecular complexity index is 520. The molecule has 140 valence electrons. The van der Waals surface area contributed by atoms with Crippen molar-refractivity contribution in [2.75, 3.05) is 13.6 Å². The molecule has 0 amide bonds. The minimum absolute atomic E-state index is 0.321. The first-order valence-corrected chi connectivity index (χ1v) is 9.95. The number of rotatable bonds is 4. The molecule has 0 bridgehead atoms. The van der Waals surface area contributed by atoms with Gasteiger partial charge in [-0.15, -0.1) is 0 Å². The summed E-state index contributed by atoms with van der Waals surface area (Å²) in [6.07, 6.45) is 15.3. The van der Waals surface area contributed by atoms with Crippen molar-refractivity contribution in [2.24, 2.45) is 29.4 Å². The molecule has 0 aromatic carbocycles. The second kappa shape index (κ2) is 9.96. The molecule has 1 saturated carbocycles. The molecule has 0 aliphatic heterocycles. The minimum atomic E-state index is 0.321. The summed E-state index contributed by atoms with van der Waals surface area (Å²) < 4.78 is 0. The van der Waals surface area contributed by atoms with Crippen molar-refractivity contribution in [3.05, 3.63) is 36.1 Å². The molecule has 2 aliphatic rings. The van der Waals surface area contributed by atoms with E-state index in [1.165, 1.54) is 18.4 Å². The molecule has 0 aromatic heterocycles. The van der Waals surface area contributed by atoms with E-state index in [-0.39, 0.29) is 0 Å². The van der Waals surface area contributed by atoms with Crippen LogP contribution in [0.15, 0.2) is 36.1 Å². The average molecular weight is 345 g/mol. The van der Waals surface area contributed by atoms with Crippen LogP contribution in [0, 0.1) is 23.7 Å².